The summed E-state index contributed by atoms with van der Waals surface area (Å²) < 4.78 is 62.6. The van der Waals surface area contributed by atoms with E-state index >= 15 is 0 Å². The molecule has 14 nitrogen and oxygen atoms in total. The molecule has 0 unspecified atom stereocenters. The summed E-state index contributed by atoms with van der Waals surface area (Å²) in [6.07, 6.45) is 14.5. The molecule has 63 heavy (non-hydrogen) atoms. The van der Waals surface area contributed by atoms with Crippen LogP contribution in [0.5, 0.6) is 0 Å². The highest BCUT2D eigenvalue weighted by Gasteiger charge is 2.49. The molecule has 316 valence electrons. The van der Waals surface area contributed by atoms with Crippen LogP contribution >= 0.6 is 0 Å². The second-order valence-corrected chi connectivity index (χ2v) is 17.1. The van der Waals surface area contributed by atoms with E-state index < -0.39 is 36.0 Å². The van der Waals surface area contributed by atoms with Crippen molar-refractivity contribution in [3.63, 3.8) is 0 Å². The van der Waals surface area contributed by atoms with Gasteiger partial charge in [-0.3, -0.25) is 18.7 Å². The van der Waals surface area contributed by atoms with E-state index in [1.54, 1.807) is 19.1 Å². The van der Waals surface area contributed by atoms with Crippen LogP contribution < -0.4 is 16.4 Å². The zero-order valence-electron chi connectivity index (χ0n) is 34.4. The van der Waals surface area contributed by atoms with Crippen molar-refractivity contribution in [1.29, 1.82) is 0 Å². The molecular formula is C47H38N6O8S2. The monoisotopic (exact) mass is 878 g/mol. The molecule has 0 aliphatic carbocycles. The van der Waals surface area contributed by atoms with Crippen LogP contribution in [-0.4, -0.2) is 69.2 Å². The highest BCUT2D eigenvalue weighted by Crippen LogP contribution is 2.39. The molecule has 0 bridgehead atoms. The number of sulfonamides is 2. The SMILES string of the molecule is C#CC#CC#CC#CC#C.C#CC#CC#CC#CC#CC.C=C1N[C@@]2(COCc3ccc(N)cc32)CS(=O)(=O)N1C.C=C1N[C@@]2(COCc3ccc([N+](=O)[O-])cc32)CS(=O)(=O)N1C. The molecule has 0 aromatic heterocycles. The van der Waals surface area contributed by atoms with E-state index in [0.29, 0.717) is 30.3 Å². The number of nitro benzene ring substituents is 1. The molecule has 0 saturated carbocycles. The number of fused-ring (bicyclic) bond motifs is 4. The third-order valence-electron chi connectivity index (χ3n) is 8.93. The molecule has 4 aliphatic rings. The molecular weight excluding hydrogens is 841 g/mol. The molecule has 4 heterocycles. The summed E-state index contributed by atoms with van der Waals surface area (Å²) in [6, 6.07) is 9.89. The van der Waals surface area contributed by atoms with E-state index in [4.69, 9.17) is 34.5 Å². The fraction of sp³-hybridized carbons (Fsp3) is 0.234. The zero-order valence-corrected chi connectivity index (χ0v) is 36.0. The number of hydrogen-bond acceptors (Lipinski definition) is 11. The van der Waals surface area contributed by atoms with Crippen molar-refractivity contribution < 1.29 is 31.2 Å². The van der Waals surface area contributed by atoms with Gasteiger partial charge >= 0.3 is 0 Å². The summed E-state index contributed by atoms with van der Waals surface area (Å²) in [6.45, 7) is 10.3. The first-order chi connectivity index (χ1) is 29.9. The summed E-state index contributed by atoms with van der Waals surface area (Å²) in [7, 11) is -4.10. The highest BCUT2D eigenvalue weighted by molar-refractivity contribution is 7.89. The number of anilines is 1. The maximum Gasteiger partial charge on any atom is 0.269 e. The predicted octanol–water partition coefficient (Wildman–Crippen LogP) is 1.90. The van der Waals surface area contributed by atoms with E-state index in [9.17, 15) is 26.9 Å². The van der Waals surface area contributed by atoms with Crippen molar-refractivity contribution in [2.45, 2.75) is 31.2 Å². The Morgan fingerprint density at radius 2 is 1.06 bits per heavy atom. The second kappa shape index (κ2) is 22.4. The van der Waals surface area contributed by atoms with Crippen LogP contribution in [0, 0.1) is 130 Å². The lowest BCUT2D eigenvalue weighted by Crippen LogP contribution is -2.60. The average molecular weight is 879 g/mol. The maximum absolute atomic E-state index is 12.3. The minimum absolute atomic E-state index is 0.0774. The molecule has 4 N–H and O–H groups in total. The van der Waals surface area contributed by atoms with Crippen LogP contribution in [0.2, 0.25) is 0 Å². The molecule has 0 radical (unpaired) electrons. The number of nitrogens with two attached hydrogens (primary N) is 1. The van der Waals surface area contributed by atoms with Gasteiger partial charge < -0.3 is 25.8 Å². The van der Waals surface area contributed by atoms with Crippen LogP contribution in [0.4, 0.5) is 11.4 Å². The van der Waals surface area contributed by atoms with Crippen molar-refractivity contribution in [2.24, 2.45) is 0 Å². The molecule has 6 rings (SSSR count). The predicted molar refractivity (Wildman–Crippen MR) is 241 cm³/mol. The summed E-state index contributed by atoms with van der Waals surface area (Å²) in [5.41, 5.74) is 7.64. The van der Waals surface area contributed by atoms with Crippen molar-refractivity contribution in [1.82, 2.24) is 19.2 Å². The van der Waals surface area contributed by atoms with E-state index in [0.717, 1.165) is 21.0 Å². The lowest BCUT2D eigenvalue weighted by molar-refractivity contribution is -0.385. The number of rotatable bonds is 1. The van der Waals surface area contributed by atoms with Gasteiger partial charge in [-0.25, -0.2) is 16.8 Å². The Morgan fingerprint density at radius 1 is 0.683 bits per heavy atom. The number of nitrogens with one attached hydrogen (secondary N) is 2. The summed E-state index contributed by atoms with van der Waals surface area (Å²) in [5, 5.41) is 17.3. The van der Waals surface area contributed by atoms with Gasteiger partial charge in [-0.05, 0) is 142 Å². The number of benzene rings is 2. The van der Waals surface area contributed by atoms with Gasteiger partial charge in [0.05, 0.1) is 42.9 Å². The second-order valence-electron chi connectivity index (χ2n) is 13.1. The van der Waals surface area contributed by atoms with Crippen LogP contribution in [-0.2, 0) is 53.8 Å². The number of nitrogen functional groups attached to an aromatic ring is 1. The quantitative estimate of drug-likeness (QED) is 0.165. The van der Waals surface area contributed by atoms with Gasteiger partial charge in [0.25, 0.3) is 5.69 Å². The molecule has 2 saturated heterocycles. The summed E-state index contributed by atoms with van der Waals surface area (Å²) >= 11 is 0. The average Bonchev–Trinajstić information content (AvgIpc) is 3.24. The Morgan fingerprint density at radius 3 is 1.44 bits per heavy atom. The fourth-order valence-electron chi connectivity index (χ4n) is 6.07. The minimum atomic E-state index is -3.57. The smallest absolute Gasteiger partial charge is 0.269 e. The summed E-state index contributed by atoms with van der Waals surface area (Å²) in [5.74, 6) is 40.6. The maximum atomic E-state index is 12.3. The van der Waals surface area contributed by atoms with Gasteiger partial charge in [0.2, 0.25) is 20.0 Å². The Kier molecular flexibility index (Phi) is 17.4. The number of nitro groups is 1. The van der Waals surface area contributed by atoms with Crippen LogP contribution in [0.25, 0.3) is 0 Å². The number of non-ortho nitro benzene ring substituents is 1. The Hall–Kier alpha value is -8.26. The van der Waals surface area contributed by atoms with E-state index in [2.05, 4.69) is 124 Å². The molecule has 16 heteroatoms. The molecule has 0 amide bonds. The van der Waals surface area contributed by atoms with Crippen molar-refractivity contribution in [2.75, 3.05) is 44.5 Å². The first-order valence-corrected chi connectivity index (χ1v) is 21.1. The number of nitrogens with zero attached hydrogens (tertiary/aromatic N) is 3. The van der Waals surface area contributed by atoms with Gasteiger partial charge in [-0.15, -0.1) is 19.3 Å². The van der Waals surface area contributed by atoms with Gasteiger partial charge in [0, 0.05) is 31.9 Å². The third-order valence-corrected chi connectivity index (χ3v) is 12.8. The van der Waals surface area contributed by atoms with Crippen molar-refractivity contribution in [3.05, 3.63) is 93.6 Å². The van der Waals surface area contributed by atoms with E-state index in [-0.39, 0.29) is 36.2 Å². The lowest BCUT2D eigenvalue weighted by atomic mass is 9.86. The van der Waals surface area contributed by atoms with Crippen molar-refractivity contribution in [3.8, 4) is 120 Å². The Bertz CT molecular complexity index is 2990. The van der Waals surface area contributed by atoms with Gasteiger partial charge in [0.15, 0.2) is 0 Å². The van der Waals surface area contributed by atoms with Gasteiger partial charge in [-0.1, -0.05) is 25.1 Å². The summed E-state index contributed by atoms with van der Waals surface area (Å²) in [4.78, 5) is 10.5. The molecule has 2 aromatic rings. The number of hydrogen-bond donors (Lipinski definition) is 3. The number of ether oxygens (including phenoxy) is 2. The normalized spacial score (nSPS) is 19.3. The largest absolute Gasteiger partial charge is 0.399 e. The third kappa shape index (κ3) is 13.1. The molecule has 4 aliphatic heterocycles. The number of terminal acetylenes is 3. The first-order valence-electron chi connectivity index (χ1n) is 17.9. The molecule has 2 atom stereocenters. The van der Waals surface area contributed by atoms with E-state index in [1.807, 2.05) is 12.1 Å². The first kappa shape index (κ1) is 49.1. The van der Waals surface area contributed by atoms with Crippen LogP contribution in [0.1, 0.15) is 29.2 Å². The zero-order chi connectivity index (χ0) is 46.7. The van der Waals surface area contributed by atoms with Crippen molar-refractivity contribution >= 4 is 31.4 Å². The standard InChI is InChI=1S/C13H15N3O5S.C13H17N3O3S.C11H4.C10H2/c1-9-14-13(8-22(19,20)15(9)2)7-21-6-10-3-4-11(16(17)18)5-12(10)13;1-9-15-13(8-20(17,18)16(9)2)7-19-6-10-3-4-11(14)5-12(10)13;1-3-5-7-9-11-10-8-6-4-2;1-3-5-7-9-10-8-6-4-2/h3-5,14H,1,6-8H2,2H3;3-5,15H,1,6-8,14H2,2H3;1H,2H3;1-2H/t2*13-;;/m00../s1. The molecule has 2 spiro atoms. The van der Waals surface area contributed by atoms with Gasteiger partial charge in [-0.2, -0.15) is 0 Å². The Labute approximate surface area is 369 Å². The van der Waals surface area contributed by atoms with Gasteiger partial charge in [0.1, 0.15) is 22.7 Å². The molecule has 2 fully saturated rings. The van der Waals surface area contributed by atoms with Crippen LogP contribution in [0.15, 0.2) is 61.2 Å². The van der Waals surface area contributed by atoms with E-state index in [1.165, 1.54) is 30.5 Å². The highest BCUT2D eigenvalue weighted by atomic mass is 32.2. The van der Waals surface area contributed by atoms with Crippen LogP contribution in [0.3, 0.4) is 0 Å². The molecule has 2 aromatic carbocycles. The minimum Gasteiger partial charge on any atom is -0.399 e. The topological polar surface area (TPSA) is 186 Å². The lowest BCUT2D eigenvalue weighted by Gasteiger charge is -2.46. The Balaban J connectivity index is 0.000000237. The fourth-order valence-corrected chi connectivity index (χ4v) is 9.09.